The zero-order chi connectivity index (χ0) is 32.2. The molecule has 3 aromatic rings. The average molecular weight is 630 g/mol. The molecule has 12 heteroatoms. The van der Waals surface area contributed by atoms with Crippen molar-refractivity contribution in [2.24, 2.45) is 18.9 Å². The number of carbonyl (C=O) groups is 3. The number of carbonyl (C=O) groups excluding carboxylic acids is 3. The van der Waals surface area contributed by atoms with Crippen molar-refractivity contribution >= 4 is 17.7 Å². The molecule has 244 valence electrons. The van der Waals surface area contributed by atoms with E-state index in [0.717, 1.165) is 42.4 Å². The van der Waals surface area contributed by atoms with Gasteiger partial charge in [0.2, 0.25) is 17.6 Å². The van der Waals surface area contributed by atoms with E-state index in [0.29, 0.717) is 74.7 Å². The van der Waals surface area contributed by atoms with E-state index < -0.39 is 0 Å². The summed E-state index contributed by atoms with van der Waals surface area (Å²) < 4.78 is 11.3. The standard InChI is InChI=1S/C34H43N7O5/c1-39-37-33(36-38-39)24-10-12-25(13-11-24)34(44)40-19-23-17-27(21-40)28-7-4-8-30(42)35-15-5-6-26-16-22(9-14-31(43)41(28)20-23)18-29(45-2)32(26)46-3/h10-13,16,18,23,27-28H,4-9,14-15,17,19-21H2,1-3H3,(H,35,42)/t23-,27+,28-/m0/s1. The van der Waals surface area contributed by atoms with Gasteiger partial charge in [0.15, 0.2) is 11.5 Å². The fourth-order valence-corrected chi connectivity index (χ4v) is 7.41. The molecular formula is C34H43N7O5. The normalized spacial score (nSPS) is 22.5. The molecule has 3 aliphatic heterocycles. The van der Waals surface area contributed by atoms with Gasteiger partial charge in [0.25, 0.3) is 5.91 Å². The molecule has 0 unspecified atom stereocenters. The van der Waals surface area contributed by atoms with Crippen molar-refractivity contribution in [3.05, 3.63) is 53.1 Å². The van der Waals surface area contributed by atoms with Gasteiger partial charge in [-0.25, -0.2) is 0 Å². The fraction of sp³-hybridized carbons (Fsp3) is 0.529. The summed E-state index contributed by atoms with van der Waals surface area (Å²) in [5.41, 5.74) is 3.46. The summed E-state index contributed by atoms with van der Waals surface area (Å²) in [6.07, 6.45) is 5.32. The van der Waals surface area contributed by atoms with Crippen LogP contribution in [0.5, 0.6) is 11.5 Å². The van der Waals surface area contributed by atoms with Crippen molar-refractivity contribution in [2.45, 2.75) is 57.4 Å². The molecule has 1 aromatic heterocycles. The lowest BCUT2D eigenvalue weighted by Gasteiger charge is -2.51. The Balaban J connectivity index is 1.19. The number of rotatable bonds is 4. The second-order valence-electron chi connectivity index (χ2n) is 12.7. The first-order chi connectivity index (χ1) is 22.3. The van der Waals surface area contributed by atoms with Crippen LogP contribution in [0.2, 0.25) is 0 Å². The molecule has 6 rings (SSSR count). The fourth-order valence-electron chi connectivity index (χ4n) is 7.41. The van der Waals surface area contributed by atoms with Gasteiger partial charge in [-0.3, -0.25) is 14.4 Å². The van der Waals surface area contributed by atoms with Crippen molar-refractivity contribution in [3.8, 4) is 22.9 Å². The summed E-state index contributed by atoms with van der Waals surface area (Å²) in [6, 6.07) is 11.4. The van der Waals surface area contributed by atoms with Crippen molar-refractivity contribution in [1.29, 1.82) is 0 Å². The highest BCUT2D eigenvalue weighted by Crippen LogP contribution is 2.37. The van der Waals surface area contributed by atoms with E-state index in [4.69, 9.17) is 9.47 Å². The van der Waals surface area contributed by atoms with Gasteiger partial charge in [-0.15, -0.1) is 10.2 Å². The first-order valence-corrected chi connectivity index (χ1v) is 16.3. The first-order valence-electron chi connectivity index (χ1n) is 16.3. The Morgan fingerprint density at radius 1 is 0.957 bits per heavy atom. The van der Waals surface area contributed by atoms with E-state index in [1.54, 1.807) is 21.3 Å². The second kappa shape index (κ2) is 13.9. The van der Waals surface area contributed by atoms with Crippen LogP contribution >= 0.6 is 0 Å². The molecule has 0 radical (unpaired) electrons. The van der Waals surface area contributed by atoms with Gasteiger partial charge < -0.3 is 24.6 Å². The molecule has 3 atom stereocenters. The van der Waals surface area contributed by atoms with Crippen LogP contribution in [0.3, 0.4) is 0 Å². The molecule has 12 nitrogen and oxygen atoms in total. The van der Waals surface area contributed by atoms with Crippen LogP contribution < -0.4 is 14.8 Å². The Bertz CT molecular complexity index is 1570. The SMILES string of the molecule is COc1cc2cc(c1OC)CCCNC(=O)CCC[C@H]1[C@@H]3C[C@@H](CN(C(=O)c4ccc(-c5nnn(C)n5)cc4)C3)CN1C(=O)CC2. The summed E-state index contributed by atoms with van der Waals surface area (Å²) in [6.45, 7) is 2.40. The number of fused-ring (bicyclic) bond motifs is 6. The molecule has 2 aromatic carbocycles. The van der Waals surface area contributed by atoms with Gasteiger partial charge in [-0.1, -0.05) is 18.2 Å². The maximum Gasteiger partial charge on any atom is 0.253 e. The number of benzene rings is 2. The molecule has 1 N–H and O–H groups in total. The highest BCUT2D eigenvalue weighted by molar-refractivity contribution is 5.94. The molecule has 0 saturated carbocycles. The van der Waals surface area contributed by atoms with Gasteiger partial charge in [-0.05, 0) is 84.9 Å². The first kappa shape index (κ1) is 31.5. The zero-order valence-corrected chi connectivity index (χ0v) is 26.9. The van der Waals surface area contributed by atoms with Crippen LogP contribution in [0.25, 0.3) is 11.4 Å². The van der Waals surface area contributed by atoms with Crippen molar-refractivity contribution in [3.63, 3.8) is 0 Å². The highest BCUT2D eigenvalue weighted by atomic mass is 16.5. The third-order valence-electron chi connectivity index (χ3n) is 9.57. The van der Waals surface area contributed by atoms with Crippen LogP contribution in [0.1, 0.15) is 60.0 Å². The molecule has 3 aliphatic rings. The summed E-state index contributed by atoms with van der Waals surface area (Å²) in [7, 11) is 4.97. The lowest BCUT2D eigenvalue weighted by atomic mass is 9.77. The minimum atomic E-state index is -0.0221. The lowest BCUT2D eigenvalue weighted by Crippen LogP contribution is -2.60. The number of aromatic nitrogens is 4. The molecule has 0 aliphatic carbocycles. The van der Waals surface area contributed by atoms with Crippen molar-refractivity contribution in [1.82, 2.24) is 35.3 Å². The predicted molar refractivity (Wildman–Crippen MR) is 170 cm³/mol. The number of hydrogen-bond donors (Lipinski definition) is 1. The molecule has 3 amide bonds. The van der Waals surface area contributed by atoms with Crippen molar-refractivity contribution < 1.29 is 23.9 Å². The van der Waals surface area contributed by atoms with E-state index in [2.05, 4.69) is 31.7 Å². The predicted octanol–water partition coefficient (Wildman–Crippen LogP) is 3.05. The van der Waals surface area contributed by atoms with Gasteiger partial charge in [0, 0.05) is 56.2 Å². The van der Waals surface area contributed by atoms with Gasteiger partial charge >= 0.3 is 0 Å². The van der Waals surface area contributed by atoms with E-state index in [-0.39, 0.29) is 35.6 Å². The average Bonchev–Trinajstić information content (AvgIpc) is 3.51. The minimum absolute atomic E-state index is 0.00928. The highest BCUT2D eigenvalue weighted by Gasteiger charge is 2.43. The lowest BCUT2D eigenvalue weighted by molar-refractivity contribution is -0.140. The molecular weight excluding hydrogens is 586 g/mol. The number of aryl methyl sites for hydroxylation is 3. The third-order valence-corrected chi connectivity index (χ3v) is 9.57. The maximum absolute atomic E-state index is 13.9. The number of tetrazole rings is 1. The smallest absolute Gasteiger partial charge is 0.253 e. The number of hydrogen-bond acceptors (Lipinski definition) is 8. The molecule has 2 saturated heterocycles. The van der Waals surface area contributed by atoms with E-state index >= 15 is 0 Å². The summed E-state index contributed by atoms with van der Waals surface area (Å²) in [5.74, 6) is 2.36. The third kappa shape index (κ3) is 6.85. The number of methoxy groups -OCH3 is 2. The van der Waals surface area contributed by atoms with Crippen LogP contribution in [-0.4, -0.2) is 94.2 Å². The molecule has 2 fully saturated rings. The number of ether oxygens (including phenoxy) is 2. The zero-order valence-electron chi connectivity index (χ0n) is 26.9. The summed E-state index contributed by atoms with van der Waals surface area (Å²) in [4.78, 5) is 45.7. The maximum atomic E-state index is 13.9. The number of likely N-dealkylation sites (tertiary alicyclic amines) is 1. The van der Waals surface area contributed by atoms with E-state index in [1.807, 2.05) is 35.2 Å². The monoisotopic (exact) mass is 629 g/mol. The minimum Gasteiger partial charge on any atom is -0.493 e. The van der Waals surface area contributed by atoms with Crippen molar-refractivity contribution in [2.75, 3.05) is 40.4 Å². The molecule has 0 spiro atoms. The van der Waals surface area contributed by atoms with Gasteiger partial charge in [-0.2, -0.15) is 4.80 Å². The topological polar surface area (TPSA) is 132 Å². The van der Waals surface area contributed by atoms with E-state index in [1.165, 1.54) is 4.80 Å². The number of amides is 3. The Morgan fingerprint density at radius 3 is 2.52 bits per heavy atom. The Kier molecular flexibility index (Phi) is 9.51. The van der Waals surface area contributed by atoms with Gasteiger partial charge in [0.1, 0.15) is 0 Å². The second-order valence-corrected chi connectivity index (χ2v) is 12.7. The van der Waals surface area contributed by atoms with Crippen LogP contribution in [0.15, 0.2) is 36.4 Å². The van der Waals surface area contributed by atoms with Crippen LogP contribution in [0.4, 0.5) is 0 Å². The largest absolute Gasteiger partial charge is 0.493 e. The molecule has 4 bridgehead atoms. The molecule has 46 heavy (non-hydrogen) atoms. The number of nitrogens with zero attached hydrogens (tertiary/aromatic N) is 6. The number of piperidine rings is 2. The summed E-state index contributed by atoms with van der Waals surface area (Å²) in [5, 5.41) is 15.2. The van der Waals surface area contributed by atoms with Crippen LogP contribution in [0, 0.1) is 11.8 Å². The van der Waals surface area contributed by atoms with Crippen LogP contribution in [-0.2, 0) is 29.5 Å². The molecule has 4 heterocycles. The Morgan fingerprint density at radius 2 is 1.78 bits per heavy atom. The Hall–Kier alpha value is -4.48. The number of nitrogens with one attached hydrogen (secondary N) is 1. The Labute approximate surface area is 269 Å². The summed E-state index contributed by atoms with van der Waals surface area (Å²) >= 11 is 0. The van der Waals surface area contributed by atoms with E-state index in [9.17, 15) is 14.4 Å². The quantitative estimate of drug-likeness (QED) is 0.466. The van der Waals surface area contributed by atoms with Gasteiger partial charge in [0.05, 0.1) is 21.3 Å².